The Morgan fingerprint density at radius 2 is 2.00 bits per heavy atom. The van der Waals surface area contributed by atoms with Crippen molar-refractivity contribution in [3.8, 4) is 0 Å². The number of hydrogen-bond donors (Lipinski definition) is 1. The second-order valence-electron chi connectivity index (χ2n) is 4.34. The molecule has 0 saturated carbocycles. The zero-order chi connectivity index (χ0) is 13.3. The van der Waals surface area contributed by atoms with Crippen molar-refractivity contribution in [2.75, 3.05) is 0 Å². The molecule has 18 heavy (non-hydrogen) atoms. The SMILES string of the molecule is Cc1nn(C)c(Cl)c1CC(N)c1ccc(F)cc1. The standard InChI is InChI=1S/C13H15ClFN3/c1-8-11(13(14)18(2)17-8)7-12(16)9-3-5-10(15)6-4-9/h3-6,12H,7,16H2,1-2H3. The molecule has 0 radical (unpaired) electrons. The van der Waals surface area contributed by atoms with Crippen LogP contribution in [0.3, 0.4) is 0 Å². The number of aryl methyl sites for hydroxylation is 2. The average molecular weight is 268 g/mol. The van der Waals surface area contributed by atoms with Crippen LogP contribution in [0.2, 0.25) is 5.15 Å². The van der Waals surface area contributed by atoms with Gasteiger partial charge in [-0.15, -0.1) is 0 Å². The molecule has 0 aliphatic carbocycles. The quantitative estimate of drug-likeness (QED) is 0.929. The molecule has 1 aromatic carbocycles. The number of rotatable bonds is 3. The predicted molar refractivity (Wildman–Crippen MR) is 70.0 cm³/mol. The first-order chi connectivity index (χ1) is 8.49. The third-order valence-corrected chi connectivity index (χ3v) is 3.46. The van der Waals surface area contributed by atoms with Crippen LogP contribution in [0.4, 0.5) is 4.39 Å². The van der Waals surface area contributed by atoms with E-state index in [4.69, 9.17) is 17.3 Å². The molecule has 0 bridgehead atoms. The van der Waals surface area contributed by atoms with Crippen molar-refractivity contribution in [2.24, 2.45) is 12.8 Å². The van der Waals surface area contributed by atoms with Crippen LogP contribution < -0.4 is 5.73 Å². The van der Waals surface area contributed by atoms with Crippen molar-refractivity contribution >= 4 is 11.6 Å². The Morgan fingerprint density at radius 3 is 2.50 bits per heavy atom. The van der Waals surface area contributed by atoms with Gasteiger partial charge in [0.1, 0.15) is 11.0 Å². The summed E-state index contributed by atoms with van der Waals surface area (Å²) in [4.78, 5) is 0. The van der Waals surface area contributed by atoms with E-state index in [9.17, 15) is 4.39 Å². The van der Waals surface area contributed by atoms with Crippen LogP contribution in [0.25, 0.3) is 0 Å². The third-order valence-electron chi connectivity index (χ3n) is 2.99. The lowest BCUT2D eigenvalue weighted by molar-refractivity contribution is 0.624. The summed E-state index contributed by atoms with van der Waals surface area (Å²) in [5.74, 6) is -0.262. The monoisotopic (exact) mass is 267 g/mol. The Bertz CT molecular complexity index is 548. The second kappa shape index (κ2) is 5.08. The van der Waals surface area contributed by atoms with Gasteiger partial charge in [-0.25, -0.2) is 4.39 Å². The molecule has 1 heterocycles. The molecular weight excluding hydrogens is 253 g/mol. The van der Waals surface area contributed by atoms with Gasteiger partial charge in [0, 0.05) is 18.7 Å². The molecule has 2 N–H and O–H groups in total. The number of nitrogens with two attached hydrogens (primary N) is 1. The molecule has 2 rings (SSSR count). The third kappa shape index (κ3) is 2.54. The maximum atomic E-state index is 12.8. The zero-order valence-corrected chi connectivity index (χ0v) is 11.1. The van der Waals surface area contributed by atoms with E-state index in [0.717, 1.165) is 16.8 Å². The minimum atomic E-state index is -0.262. The Labute approximate surface area is 110 Å². The fraction of sp³-hybridized carbons (Fsp3) is 0.308. The van der Waals surface area contributed by atoms with Crippen LogP contribution in [0.15, 0.2) is 24.3 Å². The van der Waals surface area contributed by atoms with Crippen molar-refractivity contribution in [1.82, 2.24) is 9.78 Å². The fourth-order valence-electron chi connectivity index (χ4n) is 1.95. The number of nitrogens with zero attached hydrogens (tertiary/aromatic N) is 2. The topological polar surface area (TPSA) is 43.8 Å². The van der Waals surface area contributed by atoms with Crippen LogP contribution in [0, 0.1) is 12.7 Å². The first-order valence-corrected chi connectivity index (χ1v) is 6.06. The highest BCUT2D eigenvalue weighted by Crippen LogP contribution is 2.24. The van der Waals surface area contributed by atoms with E-state index in [-0.39, 0.29) is 11.9 Å². The van der Waals surface area contributed by atoms with E-state index in [0.29, 0.717) is 11.6 Å². The van der Waals surface area contributed by atoms with Crippen molar-refractivity contribution in [3.63, 3.8) is 0 Å². The van der Waals surface area contributed by atoms with Gasteiger partial charge in [-0.2, -0.15) is 5.10 Å². The number of halogens is 2. The molecule has 96 valence electrons. The normalized spacial score (nSPS) is 12.7. The molecule has 0 amide bonds. The molecule has 3 nitrogen and oxygen atoms in total. The van der Waals surface area contributed by atoms with Crippen LogP contribution in [-0.4, -0.2) is 9.78 Å². The maximum absolute atomic E-state index is 12.8. The van der Waals surface area contributed by atoms with Gasteiger partial charge in [0.05, 0.1) is 5.69 Å². The summed E-state index contributed by atoms with van der Waals surface area (Å²) in [5.41, 5.74) is 8.81. The van der Waals surface area contributed by atoms with Crippen LogP contribution in [-0.2, 0) is 13.5 Å². The second-order valence-corrected chi connectivity index (χ2v) is 4.70. The lowest BCUT2D eigenvalue weighted by Crippen LogP contribution is -2.13. The van der Waals surface area contributed by atoms with Crippen LogP contribution in [0.1, 0.15) is 22.9 Å². The van der Waals surface area contributed by atoms with Gasteiger partial charge < -0.3 is 5.73 Å². The summed E-state index contributed by atoms with van der Waals surface area (Å²) >= 11 is 6.16. The van der Waals surface area contributed by atoms with E-state index >= 15 is 0 Å². The van der Waals surface area contributed by atoms with E-state index in [1.54, 1.807) is 23.9 Å². The van der Waals surface area contributed by atoms with Gasteiger partial charge in [-0.1, -0.05) is 23.7 Å². The first-order valence-electron chi connectivity index (χ1n) is 5.68. The molecule has 1 aromatic heterocycles. The Balaban J connectivity index is 2.21. The number of aromatic nitrogens is 2. The first kappa shape index (κ1) is 13.1. The highest BCUT2D eigenvalue weighted by Gasteiger charge is 2.15. The molecule has 5 heteroatoms. The average Bonchev–Trinajstić information content (AvgIpc) is 2.57. The van der Waals surface area contributed by atoms with Gasteiger partial charge in [0.2, 0.25) is 0 Å². The van der Waals surface area contributed by atoms with Gasteiger partial charge in [-0.05, 0) is 31.0 Å². The molecule has 1 unspecified atom stereocenters. The summed E-state index contributed by atoms with van der Waals surface area (Å²) in [7, 11) is 1.79. The molecule has 0 spiro atoms. The van der Waals surface area contributed by atoms with Gasteiger partial charge in [0.15, 0.2) is 0 Å². The summed E-state index contributed by atoms with van der Waals surface area (Å²) in [6.07, 6.45) is 0.587. The van der Waals surface area contributed by atoms with Gasteiger partial charge >= 0.3 is 0 Å². The van der Waals surface area contributed by atoms with E-state index in [1.165, 1.54) is 12.1 Å². The predicted octanol–water partition coefficient (Wildman–Crippen LogP) is 2.76. The molecule has 0 aliphatic heterocycles. The Kier molecular flexibility index (Phi) is 3.68. The van der Waals surface area contributed by atoms with E-state index in [1.807, 2.05) is 6.92 Å². The molecule has 2 aromatic rings. The van der Waals surface area contributed by atoms with E-state index in [2.05, 4.69) is 5.10 Å². The minimum absolute atomic E-state index is 0.217. The molecular formula is C13H15ClFN3. The molecule has 0 saturated heterocycles. The van der Waals surface area contributed by atoms with Crippen LogP contribution in [0.5, 0.6) is 0 Å². The summed E-state index contributed by atoms with van der Waals surface area (Å²) in [5, 5.41) is 4.84. The molecule has 0 aliphatic rings. The minimum Gasteiger partial charge on any atom is -0.324 e. The fourth-order valence-corrected chi connectivity index (χ4v) is 2.21. The summed E-state index contributed by atoms with van der Waals surface area (Å²) in [6, 6.07) is 5.99. The van der Waals surface area contributed by atoms with Crippen molar-refractivity contribution in [1.29, 1.82) is 0 Å². The zero-order valence-electron chi connectivity index (χ0n) is 10.3. The van der Waals surface area contributed by atoms with Crippen molar-refractivity contribution in [3.05, 3.63) is 52.1 Å². The van der Waals surface area contributed by atoms with Gasteiger partial charge in [0.25, 0.3) is 0 Å². The van der Waals surface area contributed by atoms with Crippen molar-refractivity contribution in [2.45, 2.75) is 19.4 Å². The van der Waals surface area contributed by atoms with E-state index < -0.39 is 0 Å². The molecule has 0 fully saturated rings. The lowest BCUT2D eigenvalue weighted by atomic mass is 10.0. The Hall–Kier alpha value is -1.39. The smallest absolute Gasteiger partial charge is 0.130 e. The van der Waals surface area contributed by atoms with Crippen LogP contribution >= 0.6 is 11.6 Å². The number of benzene rings is 1. The maximum Gasteiger partial charge on any atom is 0.130 e. The highest BCUT2D eigenvalue weighted by molar-refractivity contribution is 6.30. The summed E-state index contributed by atoms with van der Waals surface area (Å²) in [6.45, 7) is 1.90. The summed E-state index contributed by atoms with van der Waals surface area (Å²) < 4.78 is 14.5. The van der Waals surface area contributed by atoms with Gasteiger partial charge in [-0.3, -0.25) is 4.68 Å². The Morgan fingerprint density at radius 1 is 1.39 bits per heavy atom. The largest absolute Gasteiger partial charge is 0.324 e. The lowest BCUT2D eigenvalue weighted by Gasteiger charge is -2.11. The van der Waals surface area contributed by atoms with Crippen molar-refractivity contribution < 1.29 is 4.39 Å². The highest BCUT2D eigenvalue weighted by atomic mass is 35.5. The molecule has 1 atom stereocenters. The number of hydrogen-bond acceptors (Lipinski definition) is 2.